The van der Waals surface area contributed by atoms with Crippen LogP contribution in [0.1, 0.15) is 16.7 Å². The predicted octanol–water partition coefficient (Wildman–Crippen LogP) is 2.95. The normalized spacial score (nSPS) is 10.9. The summed E-state index contributed by atoms with van der Waals surface area (Å²) in [5.41, 5.74) is 1.49. The molecule has 0 radical (unpaired) electrons. The third kappa shape index (κ3) is 3.80. The lowest BCUT2D eigenvalue weighted by molar-refractivity contribution is 0.600. The highest BCUT2D eigenvalue weighted by molar-refractivity contribution is 7.91. The fourth-order valence-corrected chi connectivity index (χ4v) is 3.08. The van der Waals surface area contributed by atoms with Gasteiger partial charge < -0.3 is 0 Å². The van der Waals surface area contributed by atoms with Gasteiger partial charge in [0.2, 0.25) is 10.0 Å². The van der Waals surface area contributed by atoms with Gasteiger partial charge in [0.25, 0.3) is 0 Å². The molecule has 2 aromatic rings. The molecule has 108 valence electrons. The third-order valence-corrected chi connectivity index (χ3v) is 4.22. The van der Waals surface area contributed by atoms with Crippen molar-refractivity contribution in [2.45, 2.75) is 12.7 Å². The van der Waals surface area contributed by atoms with Gasteiger partial charge in [0, 0.05) is 5.56 Å². The molecule has 2 rings (SSSR count). The van der Waals surface area contributed by atoms with Crippen LogP contribution in [0.5, 0.6) is 0 Å². The van der Waals surface area contributed by atoms with Crippen LogP contribution in [0.15, 0.2) is 42.5 Å². The second-order valence-corrected chi connectivity index (χ2v) is 6.30. The Bertz CT molecular complexity index is 793. The largest absolute Gasteiger partial charge is 0.283 e. The van der Waals surface area contributed by atoms with E-state index in [1.165, 1.54) is 25.1 Å². The van der Waals surface area contributed by atoms with Crippen LogP contribution in [0.4, 0.5) is 10.1 Å². The lowest BCUT2D eigenvalue weighted by Gasteiger charge is -2.11. The molecule has 1 N–H and O–H groups in total. The van der Waals surface area contributed by atoms with Crippen LogP contribution in [-0.4, -0.2) is 8.42 Å². The van der Waals surface area contributed by atoms with Crippen molar-refractivity contribution in [1.29, 1.82) is 5.26 Å². The van der Waals surface area contributed by atoms with Crippen molar-refractivity contribution >= 4 is 15.7 Å². The number of benzene rings is 2. The number of rotatable bonds is 4. The van der Waals surface area contributed by atoms with Crippen molar-refractivity contribution in [3.8, 4) is 6.07 Å². The third-order valence-electron chi connectivity index (χ3n) is 2.97. The summed E-state index contributed by atoms with van der Waals surface area (Å²) in [6, 6.07) is 12.5. The molecule has 0 spiro atoms. The minimum atomic E-state index is -3.65. The van der Waals surface area contributed by atoms with Crippen LogP contribution in [-0.2, 0) is 15.8 Å². The molecule has 0 bridgehead atoms. The summed E-state index contributed by atoms with van der Waals surface area (Å²) in [5.74, 6) is -0.706. The highest BCUT2D eigenvalue weighted by atomic mass is 32.2. The van der Waals surface area contributed by atoms with Crippen molar-refractivity contribution in [1.82, 2.24) is 0 Å². The van der Waals surface area contributed by atoms with E-state index in [1.54, 1.807) is 24.3 Å². The highest BCUT2D eigenvalue weighted by Gasteiger charge is 2.14. The molecule has 0 saturated heterocycles. The quantitative estimate of drug-likeness (QED) is 0.944. The first kappa shape index (κ1) is 15.0. The summed E-state index contributed by atoms with van der Waals surface area (Å²) in [5, 5.41) is 8.70. The number of nitriles is 1. The minimum absolute atomic E-state index is 0.226. The molecule has 0 aliphatic rings. The molecule has 21 heavy (non-hydrogen) atoms. The van der Waals surface area contributed by atoms with E-state index >= 15 is 0 Å². The summed E-state index contributed by atoms with van der Waals surface area (Å²) in [6.07, 6.45) is 0. The average Bonchev–Trinajstić information content (AvgIpc) is 2.44. The van der Waals surface area contributed by atoms with Crippen molar-refractivity contribution < 1.29 is 12.8 Å². The molecule has 0 unspecified atom stereocenters. The molecule has 0 heterocycles. The van der Waals surface area contributed by atoms with Crippen LogP contribution in [0, 0.1) is 24.1 Å². The van der Waals surface area contributed by atoms with E-state index in [9.17, 15) is 12.8 Å². The van der Waals surface area contributed by atoms with E-state index in [0.29, 0.717) is 11.1 Å². The molecule has 0 aliphatic carbocycles. The number of nitrogens with one attached hydrogen (secondary N) is 1. The Kier molecular flexibility index (Phi) is 4.24. The van der Waals surface area contributed by atoms with E-state index in [1.807, 2.05) is 6.07 Å². The minimum Gasteiger partial charge on any atom is -0.283 e. The fourth-order valence-electron chi connectivity index (χ4n) is 1.82. The molecule has 0 aromatic heterocycles. The standard InChI is InChI=1S/C15H13FN2O2S/c1-11-14(16)3-2-4-15(11)18-21(19,20)10-13-7-5-12(9-17)6-8-13/h2-8,18H,10H2,1H3. The summed E-state index contributed by atoms with van der Waals surface area (Å²) in [7, 11) is -3.65. The van der Waals surface area contributed by atoms with Crippen molar-refractivity contribution in [2.75, 3.05) is 4.72 Å². The Morgan fingerprint density at radius 1 is 1.19 bits per heavy atom. The Morgan fingerprint density at radius 2 is 1.86 bits per heavy atom. The lowest BCUT2D eigenvalue weighted by Crippen LogP contribution is -2.16. The second kappa shape index (κ2) is 5.94. The van der Waals surface area contributed by atoms with Gasteiger partial charge >= 0.3 is 0 Å². The van der Waals surface area contributed by atoms with E-state index in [4.69, 9.17) is 5.26 Å². The van der Waals surface area contributed by atoms with Gasteiger partial charge in [-0.25, -0.2) is 12.8 Å². The molecule has 4 nitrogen and oxygen atoms in total. The van der Waals surface area contributed by atoms with Gasteiger partial charge in [0.15, 0.2) is 0 Å². The molecule has 0 aliphatic heterocycles. The lowest BCUT2D eigenvalue weighted by atomic mass is 10.2. The Labute approximate surface area is 122 Å². The number of anilines is 1. The van der Waals surface area contributed by atoms with Crippen LogP contribution in [0.2, 0.25) is 0 Å². The molecular weight excluding hydrogens is 291 g/mol. The smallest absolute Gasteiger partial charge is 0.236 e. The Morgan fingerprint density at radius 3 is 2.48 bits per heavy atom. The van der Waals surface area contributed by atoms with E-state index in [0.717, 1.165) is 0 Å². The SMILES string of the molecule is Cc1c(F)cccc1NS(=O)(=O)Cc1ccc(C#N)cc1. The zero-order valence-electron chi connectivity index (χ0n) is 11.3. The zero-order chi connectivity index (χ0) is 15.5. The van der Waals surface area contributed by atoms with Gasteiger partial charge in [-0.05, 0) is 36.8 Å². The first-order chi connectivity index (χ1) is 9.91. The monoisotopic (exact) mass is 304 g/mol. The first-order valence-electron chi connectivity index (χ1n) is 6.16. The van der Waals surface area contributed by atoms with Crippen LogP contribution >= 0.6 is 0 Å². The maximum atomic E-state index is 13.4. The maximum Gasteiger partial charge on any atom is 0.236 e. The Hall–Kier alpha value is -2.39. The average molecular weight is 304 g/mol. The van der Waals surface area contributed by atoms with E-state index in [2.05, 4.69) is 4.72 Å². The summed E-state index contributed by atoms with van der Waals surface area (Å²) in [6.45, 7) is 1.51. The van der Waals surface area contributed by atoms with Gasteiger partial charge in [0.1, 0.15) is 5.82 Å². The topological polar surface area (TPSA) is 70.0 Å². The summed E-state index contributed by atoms with van der Waals surface area (Å²) in [4.78, 5) is 0. The second-order valence-electron chi connectivity index (χ2n) is 4.58. The van der Waals surface area contributed by atoms with Gasteiger partial charge in [0.05, 0.1) is 23.1 Å². The Balaban J connectivity index is 2.18. The van der Waals surface area contributed by atoms with Crippen molar-refractivity contribution in [2.24, 2.45) is 0 Å². The fraction of sp³-hybridized carbons (Fsp3) is 0.133. The number of halogens is 1. The highest BCUT2D eigenvalue weighted by Crippen LogP contribution is 2.20. The first-order valence-corrected chi connectivity index (χ1v) is 7.81. The zero-order valence-corrected chi connectivity index (χ0v) is 12.1. The molecular formula is C15H13FN2O2S. The van der Waals surface area contributed by atoms with Gasteiger partial charge in [-0.3, -0.25) is 4.72 Å². The number of hydrogen-bond donors (Lipinski definition) is 1. The maximum absolute atomic E-state index is 13.4. The predicted molar refractivity (Wildman–Crippen MR) is 78.5 cm³/mol. The van der Waals surface area contributed by atoms with Gasteiger partial charge in [-0.2, -0.15) is 5.26 Å². The van der Waals surface area contributed by atoms with Gasteiger partial charge in [-0.15, -0.1) is 0 Å². The summed E-state index contributed by atoms with van der Waals surface area (Å²) >= 11 is 0. The van der Waals surface area contributed by atoms with E-state index in [-0.39, 0.29) is 17.0 Å². The molecule has 0 saturated carbocycles. The van der Waals surface area contributed by atoms with Crippen LogP contribution < -0.4 is 4.72 Å². The van der Waals surface area contributed by atoms with Gasteiger partial charge in [-0.1, -0.05) is 18.2 Å². The van der Waals surface area contributed by atoms with Crippen molar-refractivity contribution in [3.63, 3.8) is 0 Å². The molecule has 0 fully saturated rings. The van der Waals surface area contributed by atoms with Crippen LogP contribution in [0.25, 0.3) is 0 Å². The number of hydrogen-bond acceptors (Lipinski definition) is 3. The molecule has 0 amide bonds. The van der Waals surface area contributed by atoms with Crippen molar-refractivity contribution in [3.05, 3.63) is 65.0 Å². The van der Waals surface area contributed by atoms with Crippen LogP contribution in [0.3, 0.4) is 0 Å². The number of sulfonamides is 1. The molecule has 2 aromatic carbocycles. The van der Waals surface area contributed by atoms with E-state index < -0.39 is 15.8 Å². The molecule has 0 atom stereocenters. The molecule has 6 heteroatoms. The number of nitrogens with zero attached hydrogens (tertiary/aromatic N) is 1. The summed E-state index contributed by atoms with van der Waals surface area (Å²) < 4.78 is 39.9.